The summed E-state index contributed by atoms with van der Waals surface area (Å²) in [5.41, 5.74) is 0.667. The molecule has 5 nitrogen and oxygen atoms in total. The maximum absolute atomic E-state index is 11.9. The normalized spacial score (nSPS) is 12.0. The zero-order valence-electron chi connectivity index (χ0n) is 11.7. The standard InChI is InChI=1S/C16H14ClNO4/c17-11-1-4-13(5-2-11)20-8-7-16(19)18-12-3-6-14-15(9-12)22-10-21-14/h1-6,9H,7-8,10H2,(H,18,19). The molecule has 0 spiro atoms. The van der Waals surface area contributed by atoms with Crippen LogP contribution in [0.15, 0.2) is 42.5 Å². The van der Waals surface area contributed by atoms with E-state index in [0.29, 0.717) is 28.0 Å². The first-order valence-electron chi connectivity index (χ1n) is 6.78. The molecule has 0 radical (unpaired) electrons. The number of hydrogen-bond donors (Lipinski definition) is 1. The van der Waals surface area contributed by atoms with Crippen molar-refractivity contribution >= 4 is 23.2 Å². The van der Waals surface area contributed by atoms with Gasteiger partial charge in [0.15, 0.2) is 11.5 Å². The number of carbonyl (C=O) groups is 1. The van der Waals surface area contributed by atoms with Gasteiger partial charge in [-0.2, -0.15) is 0 Å². The van der Waals surface area contributed by atoms with Crippen molar-refractivity contribution in [2.45, 2.75) is 6.42 Å². The minimum atomic E-state index is -0.132. The number of benzene rings is 2. The molecule has 22 heavy (non-hydrogen) atoms. The molecule has 0 bridgehead atoms. The van der Waals surface area contributed by atoms with Gasteiger partial charge in [-0.1, -0.05) is 11.6 Å². The number of anilines is 1. The number of ether oxygens (including phenoxy) is 3. The predicted octanol–water partition coefficient (Wildman–Crippen LogP) is 3.48. The van der Waals surface area contributed by atoms with E-state index in [9.17, 15) is 4.79 Å². The molecule has 6 heteroatoms. The Kier molecular flexibility index (Phi) is 4.34. The highest BCUT2D eigenvalue weighted by Gasteiger charge is 2.14. The average molecular weight is 320 g/mol. The number of carbonyl (C=O) groups excluding carboxylic acids is 1. The fourth-order valence-electron chi connectivity index (χ4n) is 1.99. The van der Waals surface area contributed by atoms with E-state index < -0.39 is 0 Å². The van der Waals surface area contributed by atoms with Crippen molar-refractivity contribution in [3.63, 3.8) is 0 Å². The van der Waals surface area contributed by atoms with Crippen LogP contribution in [0.2, 0.25) is 5.02 Å². The van der Waals surface area contributed by atoms with E-state index in [1.165, 1.54) is 0 Å². The van der Waals surface area contributed by atoms with Crippen molar-refractivity contribution < 1.29 is 19.0 Å². The summed E-state index contributed by atoms with van der Waals surface area (Å²) in [7, 11) is 0. The number of nitrogens with one attached hydrogen (secondary N) is 1. The van der Waals surface area contributed by atoms with Crippen LogP contribution in [-0.2, 0) is 4.79 Å². The van der Waals surface area contributed by atoms with E-state index in [1.54, 1.807) is 42.5 Å². The second kappa shape index (κ2) is 6.58. The largest absolute Gasteiger partial charge is 0.493 e. The van der Waals surface area contributed by atoms with Gasteiger partial charge in [-0.15, -0.1) is 0 Å². The van der Waals surface area contributed by atoms with E-state index in [-0.39, 0.29) is 25.7 Å². The monoisotopic (exact) mass is 319 g/mol. The summed E-state index contributed by atoms with van der Waals surface area (Å²) in [6.07, 6.45) is 0.247. The second-order valence-corrected chi connectivity index (χ2v) is 5.11. The van der Waals surface area contributed by atoms with Crippen molar-refractivity contribution in [3.05, 3.63) is 47.5 Å². The molecule has 0 fully saturated rings. The van der Waals surface area contributed by atoms with Crippen LogP contribution in [0.25, 0.3) is 0 Å². The summed E-state index contributed by atoms with van der Waals surface area (Å²) >= 11 is 5.79. The third-order valence-corrected chi connectivity index (χ3v) is 3.32. The van der Waals surface area contributed by atoms with Gasteiger partial charge >= 0.3 is 0 Å². The molecule has 3 rings (SSSR count). The van der Waals surface area contributed by atoms with Crippen LogP contribution in [0, 0.1) is 0 Å². The molecule has 2 aromatic rings. The number of amides is 1. The maximum atomic E-state index is 11.9. The summed E-state index contributed by atoms with van der Waals surface area (Å²) in [4.78, 5) is 11.9. The Bertz CT molecular complexity index is 672. The van der Waals surface area contributed by atoms with E-state index in [2.05, 4.69) is 5.32 Å². The molecular formula is C16H14ClNO4. The fourth-order valence-corrected chi connectivity index (χ4v) is 2.12. The third kappa shape index (κ3) is 3.62. The zero-order chi connectivity index (χ0) is 15.4. The van der Waals surface area contributed by atoms with Gasteiger partial charge in [0.2, 0.25) is 12.7 Å². The third-order valence-electron chi connectivity index (χ3n) is 3.07. The Hall–Kier alpha value is -2.40. The summed E-state index contributed by atoms with van der Waals surface area (Å²) in [5.74, 6) is 1.87. The van der Waals surface area contributed by atoms with E-state index in [4.69, 9.17) is 25.8 Å². The Morgan fingerprint density at radius 3 is 2.73 bits per heavy atom. The number of fused-ring (bicyclic) bond motifs is 1. The number of rotatable bonds is 5. The van der Waals surface area contributed by atoms with Gasteiger partial charge in [-0.25, -0.2) is 0 Å². The molecule has 114 valence electrons. The molecule has 0 atom stereocenters. The lowest BCUT2D eigenvalue weighted by Crippen LogP contribution is -2.15. The molecule has 0 unspecified atom stereocenters. The maximum Gasteiger partial charge on any atom is 0.231 e. The molecule has 0 aliphatic carbocycles. The minimum absolute atomic E-state index is 0.132. The van der Waals surface area contributed by atoms with Gasteiger partial charge in [0.1, 0.15) is 5.75 Å². The first-order chi connectivity index (χ1) is 10.7. The lowest BCUT2D eigenvalue weighted by Gasteiger charge is -2.08. The van der Waals surface area contributed by atoms with E-state index in [1.807, 2.05) is 0 Å². The summed E-state index contributed by atoms with van der Waals surface area (Å²) < 4.78 is 16.0. The topological polar surface area (TPSA) is 56.8 Å². The highest BCUT2D eigenvalue weighted by molar-refractivity contribution is 6.30. The van der Waals surface area contributed by atoms with Crippen LogP contribution in [-0.4, -0.2) is 19.3 Å². The molecule has 0 saturated carbocycles. The smallest absolute Gasteiger partial charge is 0.231 e. The van der Waals surface area contributed by atoms with E-state index >= 15 is 0 Å². The minimum Gasteiger partial charge on any atom is -0.493 e. The number of hydrogen-bond acceptors (Lipinski definition) is 4. The Labute approximate surface area is 132 Å². The zero-order valence-corrected chi connectivity index (χ0v) is 12.4. The quantitative estimate of drug-likeness (QED) is 0.916. The average Bonchev–Trinajstić information content (AvgIpc) is 2.97. The van der Waals surface area contributed by atoms with Crippen molar-refractivity contribution in [2.24, 2.45) is 0 Å². The molecule has 0 aromatic heterocycles. The van der Waals surface area contributed by atoms with Crippen LogP contribution in [0.1, 0.15) is 6.42 Å². The van der Waals surface area contributed by atoms with Crippen molar-refractivity contribution in [2.75, 3.05) is 18.7 Å². The van der Waals surface area contributed by atoms with Gasteiger partial charge < -0.3 is 19.5 Å². The molecule has 1 aliphatic rings. The Morgan fingerprint density at radius 2 is 1.91 bits per heavy atom. The van der Waals surface area contributed by atoms with Crippen LogP contribution in [0.5, 0.6) is 17.2 Å². The molecule has 1 aliphatic heterocycles. The highest BCUT2D eigenvalue weighted by atomic mass is 35.5. The molecule has 0 saturated heterocycles. The SMILES string of the molecule is O=C(CCOc1ccc(Cl)cc1)Nc1ccc2c(c1)OCO2. The van der Waals surface area contributed by atoms with Crippen LogP contribution < -0.4 is 19.5 Å². The van der Waals surface area contributed by atoms with Crippen molar-refractivity contribution in [3.8, 4) is 17.2 Å². The van der Waals surface area contributed by atoms with Crippen molar-refractivity contribution in [1.29, 1.82) is 0 Å². The van der Waals surface area contributed by atoms with Gasteiger partial charge in [-0.3, -0.25) is 4.79 Å². The van der Waals surface area contributed by atoms with Crippen LogP contribution in [0.4, 0.5) is 5.69 Å². The summed E-state index contributed by atoms with van der Waals surface area (Å²) in [6.45, 7) is 0.500. The molecule has 1 amide bonds. The van der Waals surface area contributed by atoms with Gasteiger partial charge in [0.05, 0.1) is 13.0 Å². The lowest BCUT2D eigenvalue weighted by molar-refractivity contribution is -0.116. The Morgan fingerprint density at radius 1 is 1.14 bits per heavy atom. The van der Waals surface area contributed by atoms with Crippen LogP contribution in [0.3, 0.4) is 0 Å². The second-order valence-electron chi connectivity index (χ2n) is 4.67. The van der Waals surface area contributed by atoms with Gasteiger partial charge in [-0.05, 0) is 36.4 Å². The molecule has 2 aromatic carbocycles. The van der Waals surface area contributed by atoms with E-state index in [0.717, 1.165) is 0 Å². The van der Waals surface area contributed by atoms with Gasteiger partial charge in [0, 0.05) is 16.8 Å². The first-order valence-corrected chi connectivity index (χ1v) is 7.16. The molecule has 1 heterocycles. The molecule has 1 N–H and O–H groups in total. The lowest BCUT2D eigenvalue weighted by atomic mass is 10.2. The Balaban J connectivity index is 1.47. The highest BCUT2D eigenvalue weighted by Crippen LogP contribution is 2.34. The van der Waals surface area contributed by atoms with Crippen molar-refractivity contribution in [1.82, 2.24) is 0 Å². The summed E-state index contributed by atoms with van der Waals surface area (Å²) in [6, 6.07) is 12.3. The van der Waals surface area contributed by atoms with Crippen LogP contribution >= 0.6 is 11.6 Å². The number of halogens is 1. The summed E-state index contributed by atoms with van der Waals surface area (Å²) in [5, 5.41) is 3.44. The fraction of sp³-hybridized carbons (Fsp3) is 0.188. The molecular weight excluding hydrogens is 306 g/mol. The first kappa shape index (κ1) is 14.5. The predicted molar refractivity (Wildman–Crippen MR) is 82.8 cm³/mol. The van der Waals surface area contributed by atoms with Gasteiger partial charge in [0.25, 0.3) is 0 Å².